The Morgan fingerprint density at radius 3 is 2.40 bits per heavy atom. The van der Waals surface area contributed by atoms with E-state index in [2.05, 4.69) is 15.9 Å². The van der Waals surface area contributed by atoms with E-state index < -0.39 is 5.79 Å². The van der Waals surface area contributed by atoms with Crippen LogP contribution in [-0.4, -0.2) is 42.3 Å². The number of fused-ring (bicyclic) bond motifs is 1. The van der Waals surface area contributed by atoms with Crippen molar-refractivity contribution in [3.05, 3.63) is 0 Å². The molecule has 0 amide bonds. The molecule has 0 aromatic rings. The quantitative estimate of drug-likeness (QED) is 0.721. The van der Waals surface area contributed by atoms with Gasteiger partial charge in [-0.3, -0.25) is 0 Å². The molecule has 0 saturated carbocycles. The summed E-state index contributed by atoms with van der Waals surface area (Å²) in [5, 5.41) is 0. The molecule has 5 heteroatoms. The van der Waals surface area contributed by atoms with Crippen molar-refractivity contribution in [1.29, 1.82) is 0 Å². The lowest BCUT2D eigenvalue weighted by atomic mass is 10.1. The monoisotopic (exact) mass is 280 g/mol. The molecule has 88 valence electrons. The van der Waals surface area contributed by atoms with E-state index in [9.17, 15) is 0 Å². The minimum Gasteiger partial charge on any atom is -0.353 e. The van der Waals surface area contributed by atoms with E-state index in [1.807, 2.05) is 20.8 Å². The van der Waals surface area contributed by atoms with Crippen LogP contribution >= 0.6 is 15.9 Å². The first-order valence-corrected chi connectivity index (χ1v) is 6.04. The van der Waals surface area contributed by atoms with Crippen LogP contribution in [0.5, 0.6) is 0 Å². The van der Waals surface area contributed by atoms with E-state index in [-0.39, 0.29) is 29.4 Å². The molecule has 2 aliphatic rings. The molecule has 0 aliphatic carbocycles. The molecule has 0 N–H and O–H groups in total. The summed E-state index contributed by atoms with van der Waals surface area (Å²) in [5.74, 6) is -0.546. The van der Waals surface area contributed by atoms with E-state index in [1.54, 1.807) is 7.11 Å². The van der Waals surface area contributed by atoms with Crippen molar-refractivity contribution in [2.45, 2.75) is 56.0 Å². The van der Waals surface area contributed by atoms with E-state index in [0.29, 0.717) is 0 Å². The molecule has 2 saturated heterocycles. The lowest BCUT2D eigenvalue weighted by molar-refractivity contribution is -0.226. The van der Waals surface area contributed by atoms with Crippen LogP contribution in [0.3, 0.4) is 0 Å². The fourth-order valence-electron chi connectivity index (χ4n) is 2.15. The maximum atomic E-state index is 5.82. The molecule has 0 aromatic heterocycles. The Labute approximate surface area is 98.3 Å². The van der Waals surface area contributed by atoms with Crippen molar-refractivity contribution in [2.75, 3.05) is 7.11 Å². The number of rotatable bonds is 2. The van der Waals surface area contributed by atoms with Gasteiger partial charge in [0.1, 0.15) is 18.3 Å². The third-order valence-corrected chi connectivity index (χ3v) is 3.25. The maximum absolute atomic E-state index is 5.82. The molecular formula is C10H17BrO4. The molecule has 0 unspecified atom stereocenters. The highest BCUT2D eigenvalue weighted by Crippen LogP contribution is 2.40. The summed E-state index contributed by atoms with van der Waals surface area (Å²) in [5.41, 5.74) is 0. The molecule has 2 heterocycles. The van der Waals surface area contributed by atoms with Crippen LogP contribution in [0.1, 0.15) is 20.8 Å². The Morgan fingerprint density at radius 2 is 1.87 bits per heavy atom. The molecule has 2 fully saturated rings. The van der Waals surface area contributed by atoms with Gasteiger partial charge in [-0.2, -0.15) is 0 Å². The summed E-state index contributed by atoms with van der Waals surface area (Å²) in [6.07, 6.45) is -0.544. The van der Waals surface area contributed by atoms with Crippen molar-refractivity contribution >= 4 is 15.9 Å². The largest absolute Gasteiger partial charge is 0.353 e. The second kappa shape index (κ2) is 3.96. The molecule has 15 heavy (non-hydrogen) atoms. The van der Waals surface area contributed by atoms with Gasteiger partial charge in [0.15, 0.2) is 12.1 Å². The lowest BCUT2D eigenvalue weighted by Gasteiger charge is -2.24. The molecule has 5 atom stereocenters. The third kappa shape index (κ3) is 2.08. The van der Waals surface area contributed by atoms with Gasteiger partial charge in [0.2, 0.25) is 0 Å². The minimum atomic E-state index is -0.546. The van der Waals surface area contributed by atoms with E-state index >= 15 is 0 Å². The lowest BCUT2D eigenvalue weighted by Crippen LogP contribution is -2.34. The van der Waals surface area contributed by atoms with Crippen molar-refractivity contribution in [2.24, 2.45) is 0 Å². The summed E-state index contributed by atoms with van der Waals surface area (Å²) in [4.78, 5) is 0.211. The van der Waals surface area contributed by atoms with Crippen LogP contribution in [0.15, 0.2) is 0 Å². The second-order valence-corrected chi connectivity index (χ2v) is 5.89. The molecule has 0 aromatic carbocycles. The Hall–Kier alpha value is 0.320. The molecule has 0 bridgehead atoms. The number of methoxy groups -OCH3 is 1. The summed E-state index contributed by atoms with van der Waals surface area (Å²) < 4.78 is 22.5. The highest BCUT2D eigenvalue weighted by atomic mass is 79.9. The zero-order valence-electron chi connectivity index (χ0n) is 9.40. The fraction of sp³-hybridized carbons (Fsp3) is 1.00. The van der Waals surface area contributed by atoms with E-state index in [4.69, 9.17) is 18.9 Å². The van der Waals surface area contributed by atoms with Crippen LogP contribution in [0.2, 0.25) is 0 Å². The zero-order chi connectivity index (χ0) is 11.2. The van der Waals surface area contributed by atoms with E-state index in [0.717, 1.165) is 0 Å². The Bertz CT molecular complexity index is 244. The number of hydrogen-bond donors (Lipinski definition) is 0. The van der Waals surface area contributed by atoms with Gasteiger partial charge < -0.3 is 18.9 Å². The number of ether oxygens (including phenoxy) is 4. The smallest absolute Gasteiger partial charge is 0.186 e. The maximum Gasteiger partial charge on any atom is 0.186 e. The average molecular weight is 281 g/mol. The minimum absolute atomic E-state index is 0.0262. The van der Waals surface area contributed by atoms with Crippen LogP contribution in [-0.2, 0) is 18.9 Å². The van der Waals surface area contributed by atoms with Crippen LogP contribution in [0, 0.1) is 0 Å². The summed E-state index contributed by atoms with van der Waals surface area (Å²) in [6, 6.07) is 0. The predicted octanol–water partition coefficient (Wildman–Crippen LogP) is 1.66. The molecule has 0 radical (unpaired) electrons. The summed E-state index contributed by atoms with van der Waals surface area (Å²) >= 11 is 3.52. The van der Waals surface area contributed by atoms with Crippen LogP contribution in [0.25, 0.3) is 0 Å². The molecule has 0 spiro atoms. The van der Waals surface area contributed by atoms with Gasteiger partial charge in [-0.1, -0.05) is 22.9 Å². The highest BCUT2D eigenvalue weighted by Gasteiger charge is 2.56. The number of halogens is 1. The number of alkyl halides is 1. The standard InChI is InChI=1S/C10H17BrO4/c1-5(11)6-7-8(9(12-4)13-6)15-10(2,3)14-7/h5-9H,1-4H3/t5-,6-,7-,8+,9-/m1/s1. The topological polar surface area (TPSA) is 36.9 Å². The number of hydrogen-bond acceptors (Lipinski definition) is 4. The van der Waals surface area contributed by atoms with Crippen molar-refractivity contribution in [3.63, 3.8) is 0 Å². The Kier molecular flexibility index (Phi) is 3.12. The van der Waals surface area contributed by atoms with Gasteiger partial charge in [0.05, 0.1) is 0 Å². The van der Waals surface area contributed by atoms with Gasteiger partial charge >= 0.3 is 0 Å². The van der Waals surface area contributed by atoms with Gasteiger partial charge in [0.25, 0.3) is 0 Å². The molecule has 4 nitrogen and oxygen atoms in total. The zero-order valence-corrected chi connectivity index (χ0v) is 11.0. The average Bonchev–Trinajstić information content (AvgIpc) is 2.57. The first kappa shape index (κ1) is 11.8. The van der Waals surface area contributed by atoms with Crippen molar-refractivity contribution < 1.29 is 18.9 Å². The third-order valence-electron chi connectivity index (χ3n) is 2.73. The SMILES string of the molecule is CO[C@@H]1O[C@H]([C@@H](C)Br)[C@H]2OC(C)(C)O[C@H]12. The van der Waals surface area contributed by atoms with Crippen LogP contribution < -0.4 is 0 Å². The van der Waals surface area contributed by atoms with Gasteiger partial charge in [-0.25, -0.2) is 0 Å². The van der Waals surface area contributed by atoms with Gasteiger partial charge in [0, 0.05) is 11.9 Å². The molecule has 2 rings (SSSR count). The first-order chi connectivity index (χ1) is 6.94. The van der Waals surface area contributed by atoms with Gasteiger partial charge in [-0.05, 0) is 13.8 Å². The predicted molar refractivity (Wildman–Crippen MR) is 57.9 cm³/mol. The second-order valence-electron chi connectivity index (χ2n) is 4.45. The fourth-order valence-corrected chi connectivity index (χ4v) is 2.58. The van der Waals surface area contributed by atoms with Gasteiger partial charge in [-0.15, -0.1) is 0 Å². The van der Waals surface area contributed by atoms with Crippen molar-refractivity contribution in [1.82, 2.24) is 0 Å². The molecular weight excluding hydrogens is 264 g/mol. The Balaban J connectivity index is 2.15. The molecule has 2 aliphatic heterocycles. The van der Waals surface area contributed by atoms with Crippen LogP contribution in [0.4, 0.5) is 0 Å². The normalized spacial score (nSPS) is 45.4. The highest BCUT2D eigenvalue weighted by molar-refractivity contribution is 9.09. The Morgan fingerprint density at radius 1 is 1.27 bits per heavy atom. The summed E-state index contributed by atoms with van der Waals surface area (Å²) in [7, 11) is 1.62. The summed E-state index contributed by atoms with van der Waals surface area (Å²) in [6.45, 7) is 5.86. The first-order valence-electron chi connectivity index (χ1n) is 5.12. The van der Waals surface area contributed by atoms with E-state index in [1.165, 1.54) is 0 Å². The van der Waals surface area contributed by atoms with Crippen molar-refractivity contribution in [3.8, 4) is 0 Å².